The molecule has 0 radical (unpaired) electrons. The zero-order valence-electron chi connectivity index (χ0n) is 17.5. The van der Waals surface area contributed by atoms with Crippen molar-refractivity contribution in [3.63, 3.8) is 0 Å². The first-order valence-electron chi connectivity index (χ1n) is 9.87. The molecule has 158 valence electrons. The van der Waals surface area contributed by atoms with Gasteiger partial charge in [-0.05, 0) is 68.3 Å². The second kappa shape index (κ2) is 8.39. The van der Waals surface area contributed by atoms with Crippen molar-refractivity contribution in [3.05, 3.63) is 70.3 Å². The Labute approximate surface area is 178 Å². The van der Waals surface area contributed by atoms with Crippen LogP contribution in [0.5, 0.6) is 5.75 Å². The van der Waals surface area contributed by atoms with E-state index in [0.29, 0.717) is 17.9 Å². The molecule has 0 unspecified atom stereocenters. The second-order valence-corrected chi connectivity index (χ2v) is 7.13. The second-order valence-electron chi connectivity index (χ2n) is 7.13. The van der Waals surface area contributed by atoms with Crippen molar-refractivity contribution >= 4 is 22.8 Å². The number of aryl methyl sites for hydroxylation is 2. The number of hydrogen-bond acceptors (Lipinski definition) is 6. The fraction of sp³-hybridized carbons (Fsp3) is 0.227. The van der Waals surface area contributed by atoms with Crippen molar-refractivity contribution in [3.8, 4) is 11.4 Å². The molecule has 4 aromatic rings. The Balaban J connectivity index is 1.55. The molecule has 0 spiro atoms. The summed E-state index contributed by atoms with van der Waals surface area (Å²) in [4.78, 5) is 29.5. The summed E-state index contributed by atoms with van der Waals surface area (Å²) in [6, 6.07) is 12.8. The predicted octanol–water partition coefficient (Wildman–Crippen LogP) is 2.63. The Hall–Kier alpha value is -4.01. The summed E-state index contributed by atoms with van der Waals surface area (Å²) in [7, 11) is 0. The van der Waals surface area contributed by atoms with Crippen LogP contribution in [0.2, 0.25) is 0 Å². The molecular formula is C22H22N6O3. The Kier molecular flexibility index (Phi) is 5.48. The summed E-state index contributed by atoms with van der Waals surface area (Å²) in [6.45, 7) is 6.30. The molecule has 2 aromatic carbocycles. The smallest absolute Gasteiger partial charge is 0.284 e. The van der Waals surface area contributed by atoms with E-state index in [1.54, 1.807) is 24.3 Å². The lowest BCUT2D eigenvalue weighted by molar-refractivity contribution is -0.116. The summed E-state index contributed by atoms with van der Waals surface area (Å²) in [5.74, 6) is 0.368. The van der Waals surface area contributed by atoms with E-state index in [9.17, 15) is 9.59 Å². The minimum atomic E-state index is -0.429. The fourth-order valence-electron chi connectivity index (χ4n) is 3.14. The van der Waals surface area contributed by atoms with Crippen LogP contribution in [0.3, 0.4) is 0 Å². The number of ether oxygens (including phenoxy) is 1. The predicted molar refractivity (Wildman–Crippen MR) is 117 cm³/mol. The Morgan fingerprint density at radius 1 is 1.10 bits per heavy atom. The molecule has 9 nitrogen and oxygen atoms in total. The van der Waals surface area contributed by atoms with Gasteiger partial charge in [-0.25, -0.2) is 4.98 Å². The number of carbonyl (C=O) groups is 1. The molecule has 1 amide bonds. The molecule has 9 heteroatoms. The first-order chi connectivity index (χ1) is 15.0. The van der Waals surface area contributed by atoms with Crippen molar-refractivity contribution in [2.24, 2.45) is 0 Å². The standard InChI is InChI=1S/C22H22N6O3/c1-4-31-18-9-6-16(7-10-18)24-19(29)12-27-13-23-21-20(22(27)30)25-26-28(21)17-8-5-14(2)15(3)11-17/h5-11,13H,4,12H2,1-3H3,(H,24,29). The lowest BCUT2D eigenvalue weighted by Gasteiger charge is -2.08. The molecule has 0 fully saturated rings. The summed E-state index contributed by atoms with van der Waals surface area (Å²) in [6.07, 6.45) is 1.34. The average Bonchev–Trinajstić information content (AvgIpc) is 3.19. The van der Waals surface area contributed by atoms with E-state index < -0.39 is 5.56 Å². The van der Waals surface area contributed by atoms with Gasteiger partial charge in [-0.2, -0.15) is 4.68 Å². The summed E-state index contributed by atoms with van der Waals surface area (Å²) >= 11 is 0. The monoisotopic (exact) mass is 418 g/mol. The molecule has 0 aliphatic carbocycles. The minimum Gasteiger partial charge on any atom is -0.494 e. The lowest BCUT2D eigenvalue weighted by Crippen LogP contribution is -2.28. The van der Waals surface area contributed by atoms with E-state index in [0.717, 1.165) is 22.6 Å². The highest BCUT2D eigenvalue weighted by Crippen LogP contribution is 2.17. The van der Waals surface area contributed by atoms with E-state index in [1.807, 2.05) is 39.0 Å². The average molecular weight is 418 g/mol. The van der Waals surface area contributed by atoms with Crippen molar-refractivity contribution in [2.45, 2.75) is 27.3 Å². The highest BCUT2D eigenvalue weighted by Gasteiger charge is 2.15. The highest BCUT2D eigenvalue weighted by atomic mass is 16.5. The molecule has 0 saturated heterocycles. The van der Waals surface area contributed by atoms with E-state index in [1.165, 1.54) is 15.6 Å². The third-order valence-corrected chi connectivity index (χ3v) is 4.93. The van der Waals surface area contributed by atoms with Crippen LogP contribution in [0.4, 0.5) is 5.69 Å². The first-order valence-corrected chi connectivity index (χ1v) is 9.87. The van der Waals surface area contributed by atoms with Gasteiger partial charge < -0.3 is 10.1 Å². The van der Waals surface area contributed by atoms with Gasteiger partial charge in [0.15, 0.2) is 11.2 Å². The zero-order valence-corrected chi connectivity index (χ0v) is 17.5. The van der Waals surface area contributed by atoms with Crippen molar-refractivity contribution in [2.75, 3.05) is 11.9 Å². The molecule has 0 saturated carbocycles. The largest absolute Gasteiger partial charge is 0.494 e. The van der Waals surface area contributed by atoms with Crippen LogP contribution in [0.25, 0.3) is 16.9 Å². The van der Waals surface area contributed by atoms with Gasteiger partial charge in [0.25, 0.3) is 5.56 Å². The number of aromatic nitrogens is 5. The molecule has 31 heavy (non-hydrogen) atoms. The van der Waals surface area contributed by atoms with Gasteiger partial charge in [-0.15, -0.1) is 5.10 Å². The van der Waals surface area contributed by atoms with Crippen LogP contribution in [-0.4, -0.2) is 37.1 Å². The maximum Gasteiger partial charge on any atom is 0.284 e. The molecular weight excluding hydrogens is 396 g/mol. The molecule has 1 N–H and O–H groups in total. The molecule has 2 heterocycles. The number of nitrogens with one attached hydrogen (secondary N) is 1. The third-order valence-electron chi connectivity index (χ3n) is 4.93. The first kappa shape index (κ1) is 20.3. The summed E-state index contributed by atoms with van der Waals surface area (Å²) in [5, 5.41) is 10.8. The van der Waals surface area contributed by atoms with Crippen LogP contribution in [0.15, 0.2) is 53.6 Å². The van der Waals surface area contributed by atoms with Crippen LogP contribution in [0.1, 0.15) is 18.1 Å². The topological polar surface area (TPSA) is 104 Å². The van der Waals surface area contributed by atoms with Gasteiger partial charge in [0.1, 0.15) is 18.6 Å². The Bertz CT molecular complexity index is 1310. The van der Waals surface area contributed by atoms with Crippen LogP contribution in [0, 0.1) is 13.8 Å². The molecule has 0 bridgehead atoms. The Morgan fingerprint density at radius 3 is 2.58 bits per heavy atom. The number of amides is 1. The van der Waals surface area contributed by atoms with Gasteiger partial charge in [0, 0.05) is 5.69 Å². The molecule has 4 rings (SSSR count). The lowest BCUT2D eigenvalue weighted by atomic mass is 10.1. The SMILES string of the molecule is CCOc1ccc(NC(=O)Cn2cnc3c(nnn3-c3ccc(C)c(C)c3)c2=O)cc1. The van der Waals surface area contributed by atoms with E-state index in [2.05, 4.69) is 20.6 Å². The van der Waals surface area contributed by atoms with Gasteiger partial charge in [-0.3, -0.25) is 14.2 Å². The van der Waals surface area contributed by atoms with Crippen LogP contribution < -0.4 is 15.6 Å². The minimum absolute atomic E-state index is 0.106. The van der Waals surface area contributed by atoms with Crippen LogP contribution in [-0.2, 0) is 11.3 Å². The number of carbonyl (C=O) groups excluding carboxylic acids is 1. The van der Waals surface area contributed by atoms with Gasteiger partial charge >= 0.3 is 0 Å². The van der Waals surface area contributed by atoms with Gasteiger partial charge in [0.2, 0.25) is 5.91 Å². The molecule has 0 atom stereocenters. The maximum absolute atomic E-state index is 12.8. The summed E-state index contributed by atoms with van der Waals surface area (Å²) in [5.41, 5.74) is 3.65. The number of anilines is 1. The van der Waals surface area contributed by atoms with Gasteiger partial charge in [-0.1, -0.05) is 11.3 Å². The van der Waals surface area contributed by atoms with E-state index in [4.69, 9.17) is 4.74 Å². The summed E-state index contributed by atoms with van der Waals surface area (Å²) < 4.78 is 8.12. The van der Waals surface area contributed by atoms with Crippen molar-refractivity contribution < 1.29 is 9.53 Å². The van der Waals surface area contributed by atoms with Crippen molar-refractivity contribution in [1.82, 2.24) is 24.5 Å². The van der Waals surface area contributed by atoms with Crippen molar-refractivity contribution in [1.29, 1.82) is 0 Å². The number of benzene rings is 2. The quantitative estimate of drug-likeness (QED) is 0.516. The zero-order chi connectivity index (χ0) is 22.0. The Morgan fingerprint density at radius 2 is 1.87 bits per heavy atom. The van der Waals surface area contributed by atoms with Crippen LogP contribution >= 0.6 is 0 Å². The highest BCUT2D eigenvalue weighted by molar-refractivity contribution is 5.90. The fourth-order valence-corrected chi connectivity index (χ4v) is 3.14. The van der Waals surface area contributed by atoms with E-state index >= 15 is 0 Å². The third kappa shape index (κ3) is 4.16. The number of nitrogens with zero attached hydrogens (tertiary/aromatic N) is 5. The number of hydrogen-bond donors (Lipinski definition) is 1. The number of rotatable bonds is 6. The maximum atomic E-state index is 12.8. The molecule has 0 aliphatic rings. The van der Waals surface area contributed by atoms with E-state index in [-0.39, 0.29) is 18.0 Å². The van der Waals surface area contributed by atoms with Gasteiger partial charge in [0.05, 0.1) is 12.3 Å². The number of fused-ring (bicyclic) bond motifs is 1. The molecule has 0 aliphatic heterocycles. The molecule has 2 aromatic heterocycles. The normalized spacial score (nSPS) is 10.9.